The standard InChI is InChI=1S/C15H15F3N2O2S/c1-14-6-5-12(21)20(14)11(8-23-14)13(22)19-10-4-2-3-9(7-10)15(16,17)18/h2-4,7,11H,5-6,8H2,1H3,(H,19,22)/t11-,14-/m1/s1. The first-order valence-corrected chi connectivity index (χ1v) is 8.13. The van der Waals surface area contributed by atoms with E-state index in [1.54, 1.807) is 4.90 Å². The second-order valence-corrected chi connectivity index (χ2v) is 7.33. The van der Waals surface area contributed by atoms with Crippen LogP contribution in [-0.2, 0) is 15.8 Å². The van der Waals surface area contributed by atoms with Gasteiger partial charge in [-0.05, 0) is 31.5 Å². The third kappa shape index (κ3) is 2.91. The van der Waals surface area contributed by atoms with Crippen LogP contribution in [0.3, 0.4) is 0 Å². The number of nitrogens with zero attached hydrogens (tertiary/aromatic N) is 1. The van der Waals surface area contributed by atoms with Crippen molar-refractivity contribution >= 4 is 29.3 Å². The number of halogens is 3. The highest BCUT2D eigenvalue weighted by Crippen LogP contribution is 2.47. The zero-order chi connectivity index (χ0) is 16.8. The molecule has 2 heterocycles. The van der Waals surface area contributed by atoms with E-state index >= 15 is 0 Å². The molecule has 2 aliphatic rings. The summed E-state index contributed by atoms with van der Waals surface area (Å²) in [6.45, 7) is 1.92. The second kappa shape index (κ2) is 5.43. The zero-order valence-corrected chi connectivity index (χ0v) is 13.1. The minimum Gasteiger partial charge on any atom is -0.324 e. The fraction of sp³-hybridized carbons (Fsp3) is 0.467. The average Bonchev–Trinajstić information content (AvgIpc) is 2.95. The second-order valence-electron chi connectivity index (χ2n) is 5.83. The van der Waals surface area contributed by atoms with E-state index in [1.165, 1.54) is 23.9 Å². The number of hydrogen-bond donors (Lipinski definition) is 1. The summed E-state index contributed by atoms with van der Waals surface area (Å²) in [5, 5.41) is 2.50. The lowest BCUT2D eigenvalue weighted by molar-refractivity contribution is -0.137. The van der Waals surface area contributed by atoms with E-state index in [1.807, 2.05) is 6.92 Å². The van der Waals surface area contributed by atoms with E-state index in [9.17, 15) is 22.8 Å². The van der Waals surface area contributed by atoms with Gasteiger partial charge in [0.1, 0.15) is 6.04 Å². The number of nitrogens with one attached hydrogen (secondary N) is 1. The lowest BCUT2D eigenvalue weighted by atomic mass is 10.1. The normalized spacial score (nSPS) is 27.2. The molecule has 1 aromatic rings. The van der Waals surface area contributed by atoms with Gasteiger partial charge in [0.15, 0.2) is 0 Å². The average molecular weight is 344 g/mol. The number of carbonyl (C=O) groups excluding carboxylic acids is 2. The topological polar surface area (TPSA) is 49.4 Å². The largest absolute Gasteiger partial charge is 0.416 e. The Bertz CT molecular complexity index is 664. The predicted molar refractivity (Wildman–Crippen MR) is 80.8 cm³/mol. The molecular weight excluding hydrogens is 329 g/mol. The van der Waals surface area contributed by atoms with Crippen LogP contribution in [-0.4, -0.2) is 33.4 Å². The van der Waals surface area contributed by atoms with Crippen LogP contribution < -0.4 is 5.32 Å². The first-order valence-electron chi connectivity index (χ1n) is 7.15. The molecule has 0 aromatic heterocycles. The SMILES string of the molecule is C[C@@]12CCC(=O)N1[C@@H](C(=O)Nc1cccc(C(F)(F)F)c1)CS2. The van der Waals surface area contributed by atoms with Crippen molar-refractivity contribution in [3.8, 4) is 0 Å². The summed E-state index contributed by atoms with van der Waals surface area (Å²) >= 11 is 1.54. The maximum absolute atomic E-state index is 12.7. The third-order valence-electron chi connectivity index (χ3n) is 4.20. The van der Waals surface area contributed by atoms with E-state index in [4.69, 9.17) is 0 Å². The van der Waals surface area contributed by atoms with Gasteiger partial charge in [0.05, 0.1) is 10.4 Å². The van der Waals surface area contributed by atoms with Gasteiger partial charge >= 0.3 is 6.18 Å². The molecule has 124 valence electrons. The molecule has 1 aromatic carbocycles. The number of benzene rings is 1. The summed E-state index contributed by atoms with van der Waals surface area (Å²) in [6, 6.07) is 3.84. The molecule has 0 aliphatic carbocycles. The molecule has 2 atom stereocenters. The van der Waals surface area contributed by atoms with Crippen molar-refractivity contribution in [2.24, 2.45) is 0 Å². The van der Waals surface area contributed by atoms with Crippen LogP contribution in [0.25, 0.3) is 0 Å². The molecule has 0 saturated carbocycles. The summed E-state index contributed by atoms with van der Waals surface area (Å²) in [5.74, 6) is -0.0787. The maximum atomic E-state index is 12.7. The van der Waals surface area contributed by atoms with Crippen LogP contribution in [0.2, 0.25) is 0 Å². The van der Waals surface area contributed by atoms with Crippen LogP contribution in [0.1, 0.15) is 25.3 Å². The van der Waals surface area contributed by atoms with Gasteiger partial charge in [-0.3, -0.25) is 9.59 Å². The van der Waals surface area contributed by atoms with Gasteiger partial charge in [0.25, 0.3) is 0 Å². The Morgan fingerprint density at radius 3 is 2.87 bits per heavy atom. The minimum absolute atomic E-state index is 0.0788. The number of anilines is 1. The minimum atomic E-state index is -4.46. The Balaban J connectivity index is 1.77. The maximum Gasteiger partial charge on any atom is 0.416 e. The Hall–Kier alpha value is -1.70. The van der Waals surface area contributed by atoms with Crippen LogP contribution in [0, 0.1) is 0 Å². The number of rotatable bonds is 2. The molecule has 0 spiro atoms. The molecule has 0 radical (unpaired) electrons. The van der Waals surface area contributed by atoms with Crippen molar-refractivity contribution < 1.29 is 22.8 Å². The summed E-state index contributed by atoms with van der Waals surface area (Å²) in [4.78, 5) is 25.6. The highest BCUT2D eigenvalue weighted by molar-refractivity contribution is 8.01. The third-order valence-corrected chi connectivity index (χ3v) is 5.71. The van der Waals surface area contributed by atoms with Crippen LogP contribution in [0.4, 0.5) is 18.9 Å². The quantitative estimate of drug-likeness (QED) is 0.897. The molecule has 2 fully saturated rings. The highest BCUT2D eigenvalue weighted by atomic mass is 32.2. The lowest BCUT2D eigenvalue weighted by Gasteiger charge is -2.29. The molecule has 4 nitrogen and oxygen atoms in total. The van der Waals surface area contributed by atoms with Crippen LogP contribution in [0.15, 0.2) is 24.3 Å². The first kappa shape index (κ1) is 16.2. The smallest absolute Gasteiger partial charge is 0.324 e. The van der Waals surface area contributed by atoms with E-state index in [0.717, 1.165) is 12.1 Å². The van der Waals surface area contributed by atoms with E-state index < -0.39 is 23.7 Å². The molecule has 2 saturated heterocycles. The Kier molecular flexibility index (Phi) is 3.82. The number of alkyl halides is 3. The highest BCUT2D eigenvalue weighted by Gasteiger charge is 2.52. The van der Waals surface area contributed by atoms with Gasteiger partial charge in [-0.15, -0.1) is 11.8 Å². The molecule has 2 aliphatic heterocycles. The van der Waals surface area contributed by atoms with E-state index in [0.29, 0.717) is 18.6 Å². The lowest BCUT2D eigenvalue weighted by Crippen LogP contribution is -2.48. The van der Waals surface area contributed by atoms with Gasteiger partial charge < -0.3 is 10.2 Å². The van der Waals surface area contributed by atoms with Crippen molar-refractivity contribution in [2.75, 3.05) is 11.1 Å². The molecule has 0 unspecified atom stereocenters. The van der Waals surface area contributed by atoms with Gasteiger partial charge in [-0.2, -0.15) is 13.2 Å². The molecule has 23 heavy (non-hydrogen) atoms. The number of fused-ring (bicyclic) bond motifs is 1. The van der Waals surface area contributed by atoms with Gasteiger partial charge in [-0.25, -0.2) is 0 Å². The van der Waals surface area contributed by atoms with E-state index in [2.05, 4.69) is 5.32 Å². The fourth-order valence-electron chi connectivity index (χ4n) is 3.01. The van der Waals surface area contributed by atoms with Crippen LogP contribution >= 0.6 is 11.8 Å². The number of amides is 2. The summed E-state index contributed by atoms with van der Waals surface area (Å²) in [6.07, 6.45) is -3.38. The summed E-state index contributed by atoms with van der Waals surface area (Å²) < 4.78 is 38.1. The predicted octanol–water partition coefficient (Wildman–Crippen LogP) is 3.10. The van der Waals surface area contributed by atoms with Crippen LogP contribution in [0.5, 0.6) is 0 Å². The molecule has 1 N–H and O–H groups in total. The number of thioether (sulfide) groups is 1. The first-order chi connectivity index (χ1) is 10.7. The van der Waals surface area contributed by atoms with Gasteiger partial charge in [0.2, 0.25) is 11.8 Å². The summed E-state index contributed by atoms with van der Waals surface area (Å²) in [7, 11) is 0. The van der Waals surface area contributed by atoms with Gasteiger partial charge in [0, 0.05) is 17.9 Å². The van der Waals surface area contributed by atoms with Crippen molar-refractivity contribution in [1.29, 1.82) is 0 Å². The van der Waals surface area contributed by atoms with Crippen molar-refractivity contribution in [2.45, 2.75) is 36.9 Å². The molecule has 2 amide bonds. The Labute approximate surface area is 135 Å². The zero-order valence-electron chi connectivity index (χ0n) is 12.3. The molecule has 3 rings (SSSR count). The van der Waals surface area contributed by atoms with Crippen molar-refractivity contribution in [3.63, 3.8) is 0 Å². The van der Waals surface area contributed by atoms with E-state index in [-0.39, 0.29) is 16.5 Å². The van der Waals surface area contributed by atoms with Crippen molar-refractivity contribution in [3.05, 3.63) is 29.8 Å². The number of hydrogen-bond acceptors (Lipinski definition) is 3. The summed E-state index contributed by atoms with van der Waals surface area (Å²) in [5.41, 5.74) is -0.742. The molecule has 8 heteroatoms. The van der Waals surface area contributed by atoms with Crippen molar-refractivity contribution in [1.82, 2.24) is 4.90 Å². The van der Waals surface area contributed by atoms with Gasteiger partial charge in [-0.1, -0.05) is 6.07 Å². The Morgan fingerprint density at radius 2 is 2.17 bits per heavy atom. The Morgan fingerprint density at radius 1 is 1.43 bits per heavy atom. The number of carbonyl (C=O) groups is 2. The monoisotopic (exact) mass is 344 g/mol. The molecular formula is C15H15F3N2O2S. The molecule has 0 bridgehead atoms. The fourth-order valence-corrected chi connectivity index (χ4v) is 4.45.